The molecule has 1 unspecified atom stereocenters. The smallest absolute Gasteiger partial charge is 0.185 e. The van der Waals surface area contributed by atoms with Gasteiger partial charge in [0.1, 0.15) is 0 Å². The number of aliphatic imine (C=N–C) groups is 1. The van der Waals surface area contributed by atoms with Crippen LogP contribution in [0.5, 0.6) is 0 Å². The number of fused-ring (bicyclic) bond motifs is 1. The van der Waals surface area contributed by atoms with E-state index in [1.165, 1.54) is 11.1 Å². The van der Waals surface area contributed by atoms with E-state index >= 15 is 0 Å². The lowest BCUT2D eigenvalue weighted by Gasteiger charge is -2.33. The van der Waals surface area contributed by atoms with Crippen molar-refractivity contribution in [2.24, 2.45) is 16.5 Å². The highest BCUT2D eigenvalue weighted by atomic mass is 15.2. The molecule has 0 fully saturated rings. The Hall–Kier alpha value is -1.55. The first kappa shape index (κ1) is 11.9. The Bertz CT molecular complexity index is 410. The minimum atomic E-state index is 0.175. The van der Waals surface area contributed by atoms with E-state index < -0.39 is 0 Å². The van der Waals surface area contributed by atoms with Gasteiger partial charge < -0.3 is 11.5 Å². The Balaban J connectivity index is 2.00. The summed E-state index contributed by atoms with van der Waals surface area (Å²) in [6.45, 7) is 4.92. The maximum absolute atomic E-state index is 5.36. The van der Waals surface area contributed by atoms with Gasteiger partial charge in [-0.2, -0.15) is 0 Å². The van der Waals surface area contributed by atoms with Crippen molar-refractivity contribution in [3.8, 4) is 0 Å². The molecule has 1 heterocycles. The van der Waals surface area contributed by atoms with Crippen molar-refractivity contribution in [3.63, 3.8) is 0 Å². The molecule has 4 heteroatoms. The van der Waals surface area contributed by atoms with E-state index in [4.69, 9.17) is 11.5 Å². The number of hydrogen-bond acceptors (Lipinski definition) is 2. The number of rotatable bonds is 3. The third-order valence-corrected chi connectivity index (χ3v) is 3.32. The van der Waals surface area contributed by atoms with Gasteiger partial charge in [-0.1, -0.05) is 24.3 Å². The summed E-state index contributed by atoms with van der Waals surface area (Å²) in [6.07, 6.45) is 1.11. The van der Waals surface area contributed by atoms with Crippen molar-refractivity contribution in [2.75, 3.05) is 13.1 Å². The summed E-state index contributed by atoms with van der Waals surface area (Å²) in [6, 6.07) is 9.01. The van der Waals surface area contributed by atoms with Gasteiger partial charge in [0.25, 0.3) is 0 Å². The maximum atomic E-state index is 5.36. The summed E-state index contributed by atoms with van der Waals surface area (Å²) in [4.78, 5) is 6.51. The van der Waals surface area contributed by atoms with Gasteiger partial charge in [-0.3, -0.25) is 9.89 Å². The van der Waals surface area contributed by atoms with Crippen LogP contribution in [0.25, 0.3) is 0 Å². The highest BCUT2D eigenvalue weighted by Crippen LogP contribution is 2.20. The van der Waals surface area contributed by atoms with Gasteiger partial charge in [0.05, 0.1) is 6.54 Å². The largest absolute Gasteiger partial charge is 0.370 e. The summed E-state index contributed by atoms with van der Waals surface area (Å²) < 4.78 is 0. The first-order chi connectivity index (χ1) is 8.16. The van der Waals surface area contributed by atoms with Gasteiger partial charge in [-0.25, -0.2) is 0 Å². The second-order valence-electron chi connectivity index (χ2n) is 4.60. The molecule has 1 aromatic rings. The van der Waals surface area contributed by atoms with E-state index in [0.717, 1.165) is 19.5 Å². The van der Waals surface area contributed by atoms with Crippen molar-refractivity contribution in [3.05, 3.63) is 35.4 Å². The Morgan fingerprint density at radius 1 is 1.35 bits per heavy atom. The SMILES string of the molecule is CC(CN=C(N)N)N1CCc2ccccc2C1. The van der Waals surface area contributed by atoms with Gasteiger partial charge in [-0.15, -0.1) is 0 Å². The minimum Gasteiger partial charge on any atom is -0.370 e. The fourth-order valence-corrected chi connectivity index (χ4v) is 2.25. The van der Waals surface area contributed by atoms with Gasteiger partial charge in [0.2, 0.25) is 0 Å². The van der Waals surface area contributed by atoms with Crippen LogP contribution in [-0.4, -0.2) is 30.0 Å². The molecule has 4 nitrogen and oxygen atoms in total. The molecular weight excluding hydrogens is 212 g/mol. The first-order valence-electron chi connectivity index (χ1n) is 6.03. The van der Waals surface area contributed by atoms with Crippen LogP contribution in [0.15, 0.2) is 29.3 Å². The van der Waals surface area contributed by atoms with E-state index in [1.807, 2.05) is 0 Å². The summed E-state index contributed by atoms with van der Waals surface area (Å²) in [5.41, 5.74) is 13.6. The van der Waals surface area contributed by atoms with Crippen LogP contribution >= 0.6 is 0 Å². The van der Waals surface area contributed by atoms with Crippen LogP contribution in [0.4, 0.5) is 0 Å². The molecule has 2 rings (SSSR count). The molecule has 0 amide bonds. The van der Waals surface area contributed by atoms with Crippen LogP contribution in [0.3, 0.4) is 0 Å². The first-order valence-corrected chi connectivity index (χ1v) is 6.03. The molecule has 0 spiro atoms. The molecule has 1 aliphatic heterocycles. The van der Waals surface area contributed by atoms with Crippen LogP contribution in [0, 0.1) is 0 Å². The molecule has 0 saturated carbocycles. The van der Waals surface area contributed by atoms with Gasteiger partial charge in [0, 0.05) is 19.1 Å². The number of nitrogens with zero attached hydrogens (tertiary/aromatic N) is 2. The number of hydrogen-bond donors (Lipinski definition) is 2. The number of nitrogens with two attached hydrogens (primary N) is 2. The average Bonchev–Trinajstić information content (AvgIpc) is 2.35. The molecule has 1 atom stereocenters. The summed E-state index contributed by atoms with van der Waals surface area (Å²) in [7, 11) is 0. The summed E-state index contributed by atoms with van der Waals surface area (Å²) >= 11 is 0. The Labute approximate surface area is 102 Å². The molecule has 0 bridgehead atoms. The highest BCUT2D eigenvalue weighted by Gasteiger charge is 2.19. The van der Waals surface area contributed by atoms with E-state index in [2.05, 4.69) is 41.1 Å². The van der Waals surface area contributed by atoms with Crippen LogP contribution in [0.2, 0.25) is 0 Å². The maximum Gasteiger partial charge on any atom is 0.185 e. The second-order valence-corrected chi connectivity index (χ2v) is 4.60. The van der Waals surface area contributed by atoms with Gasteiger partial charge in [-0.05, 0) is 24.5 Å². The predicted octanol–water partition coefficient (Wildman–Crippen LogP) is 0.707. The van der Waals surface area contributed by atoms with Gasteiger partial charge in [0.15, 0.2) is 5.96 Å². The monoisotopic (exact) mass is 232 g/mol. The Kier molecular flexibility index (Phi) is 3.64. The highest BCUT2D eigenvalue weighted by molar-refractivity contribution is 5.75. The fourth-order valence-electron chi connectivity index (χ4n) is 2.25. The third kappa shape index (κ3) is 2.97. The minimum absolute atomic E-state index is 0.175. The number of guanidine groups is 1. The molecule has 4 N–H and O–H groups in total. The number of benzene rings is 1. The molecule has 0 aliphatic carbocycles. The molecule has 1 aliphatic rings. The lowest BCUT2D eigenvalue weighted by molar-refractivity contribution is 0.195. The zero-order valence-corrected chi connectivity index (χ0v) is 10.3. The Morgan fingerprint density at radius 2 is 2.06 bits per heavy atom. The third-order valence-electron chi connectivity index (χ3n) is 3.32. The van der Waals surface area contributed by atoms with Crippen LogP contribution < -0.4 is 11.5 Å². The topological polar surface area (TPSA) is 67.6 Å². The van der Waals surface area contributed by atoms with Crippen LogP contribution in [-0.2, 0) is 13.0 Å². The molecule has 92 valence electrons. The molecule has 0 radical (unpaired) electrons. The van der Waals surface area contributed by atoms with Gasteiger partial charge >= 0.3 is 0 Å². The molecular formula is C13H20N4. The Morgan fingerprint density at radius 3 is 2.76 bits per heavy atom. The predicted molar refractivity (Wildman–Crippen MR) is 70.7 cm³/mol. The summed E-state index contributed by atoms with van der Waals surface area (Å²) in [5.74, 6) is 0.175. The van der Waals surface area contributed by atoms with Crippen molar-refractivity contribution < 1.29 is 0 Å². The van der Waals surface area contributed by atoms with E-state index in [1.54, 1.807) is 0 Å². The molecule has 0 aromatic heterocycles. The average molecular weight is 232 g/mol. The van der Waals surface area contributed by atoms with Crippen molar-refractivity contribution in [2.45, 2.75) is 25.9 Å². The standard InChI is InChI=1S/C13H20N4/c1-10(8-16-13(14)15)17-7-6-11-4-2-3-5-12(11)9-17/h2-5,10H,6-9H2,1H3,(H4,14,15,16). The molecule has 0 saturated heterocycles. The lowest BCUT2D eigenvalue weighted by atomic mass is 9.99. The van der Waals surface area contributed by atoms with Crippen LogP contribution in [0.1, 0.15) is 18.1 Å². The second kappa shape index (κ2) is 5.19. The normalized spacial score (nSPS) is 17.2. The van der Waals surface area contributed by atoms with E-state index in [-0.39, 0.29) is 5.96 Å². The quantitative estimate of drug-likeness (QED) is 0.595. The lowest BCUT2D eigenvalue weighted by Crippen LogP contribution is -2.39. The zero-order valence-electron chi connectivity index (χ0n) is 10.3. The van der Waals surface area contributed by atoms with E-state index in [0.29, 0.717) is 12.6 Å². The molecule has 1 aromatic carbocycles. The fraction of sp³-hybridized carbons (Fsp3) is 0.462. The zero-order chi connectivity index (χ0) is 12.3. The van der Waals surface area contributed by atoms with Crippen molar-refractivity contribution in [1.29, 1.82) is 0 Å². The van der Waals surface area contributed by atoms with Crippen molar-refractivity contribution >= 4 is 5.96 Å². The van der Waals surface area contributed by atoms with E-state index in [9.17, 15) is 0 Å². The summed E-state index contributed by atoms with van der Waals surface area (Å²) in [5, 5.41) is 0. The molecule has 17 heavy (non-hydrogen) atoms. The van der Waals surface area contributed by atoms with Crippen molar-refractivity contribution in [1.82, 2.24) is 4.90 Å².